The average Bonchev–Trinajstić information content (AvgIpc) is 2.53. The number of ether oxygens (including phenoxy) is 1. The quantitative estimate of drug-likeness (QED) is 0.392. The second-order valence-electron chi connectivity index (χ2n) is 5.09. The predicted octanol–water partition coefficient (Wildman–Crippen LogP) is 0.802. The second kappa shape index (κ2) is 8.06. The Hall–Kier alpha value is -3.20. The molecule has 0 aliphatic carbocycles. The number of carbonyl (C=O) groups excluding carboxylic acids is 1. The number of rotatable bonds is 8. The van der Waals surface area contributed by atoms with E-state index < -0.39 is 52.8 Å². The van der Waals surface area contributed by atoms with Crippen LogP contribution < -0.4 is 0 Å². The lowest BCUT2D eigenvalue weighted by Gasteiger charge is -2.20. The van der Waals surface area contributed by atoms with Gasteiger partial charge in [-0.15, -0.1) is 0 Å². The molecule has 0 spiro atoms. The topological polar surface area (TPSA) is 158 Å². The van der Waals surface area contributed by atoms with Gasteiger partial charge in [0.1, 0.15) is 6.10 Å². The van der Waals surface area contributed by atoms with E-state index in [1.807, 2.05) is 0 Å². The first-order valence-corrected chi connectivity index (χ1v) is 6.96. The van der Waals surface area contributed by atoms with Gasteiger partial charge in [-0.05, 0) is 24.6 Å². The second-order valence-corrected chi connectivity index (χ2v) is 5.09. The molecule has 0 aliphatic heterocycles. The average molecular weight is 352 g/mol. The van der Waals surface area contributed by atoms with E-state index in [1.54, 1.807) is 0 Å². The number of carboxylic acid groups (broad SMARTS) is 3. The van der Waals surface area contributed by atoms with Crippen molar-refractivity contribution in [3.05, 3.63) is 47.0 Å². The van der Waals surface area contributed by atoms with Crippen LogP contribution in [0.2, 0.25) is 0 Å². The summed E-state index contributed by atoms with van der Waals surface area (Å²) in [7, 11) is 0. The highest BCUT2D eigenvalue weighted by atomic mass is 16.6. The molecule has 0 aliphatic rings. The summed E-state index contributed by atoms with van der Waals surface area (Å²) in [5.41, 5.74) is -1.88. The minimum atomic E-state index is -1.60. The fourth-order valence-electron chi connectivity index (χ4n) is 2.07. The standard InChI is InChI=1S/C16H16O9/c1-3-13(18)25-7(2)12(17)5-8-4-10(15(21)22)11(16(23)24)6-9(8)14(19)20/h3-4,6-7,12,17H,1,5H2,2H3,(H,19,20)(H,21,22)(H,23,24). The van der Waals surface area contributed by atoms with Crippen LogP contribution in [0.1, 0.15) is 43.6 Å². The Morgan fingerprint density at radius 2 is 1.52 bits per heavy atom. The smallest absolute Gasteiger partial charge is 0.336 e. The van der Waals surface area contributed by atoms with Gasteiger partial charge in [-0.1, -0.05) is 6.58 Å². The third-order valence-corrected chi connectivity index (χ3v) is 3.37. The van der Waals surface area contributed by atoms with E-state index >= 15 is 0 Å². The van der Waals surface area contributed by atoms with Crippen molar-refractivity contribution in [3.63, 3.8) is 0 Å². The minimum absolute atomic E-state index is 0.107. The maximum Gasteiger partial charge on any atom is 0.336 e. The summed E-state index contributed by atoms with van der Waals surface area (Å²) in [6.07, 6.45) is -1.86. The number of hydrogen-bond donors (Lipinski definition) is 4. The molecule has 0 amide bonds. The number of aliphatic hydroxyl groups excluding tert-OH is 1. The summed E-state index contributed by atoms with van der Waals surface area (Å²) in [4.78, 5) is 44.8. The van der Waals surface area contributed by atoms with E-state index in [4.69, 9.17) is 14.9 Å². The first kappa shape index (κ1) is 19.8. The molecule has 1 aromatic carbocycles. The molecular formula is C16H16O9. The summed E-state index contributed by atoms with van der Waals surface area (Å²) in [6, 6.07) is 1.59. The maximum atomic E-state index is 11.3. The number of hydrogen-bond acceptors (Lipinski definition) is 6. The molecule has 9 heteroatoms. The number of carbonyl (C=O) groups is 4. The molecule has 0 heterocycles. The van der Waals surface area contributed by atoms with Gasteiger partial charge < -0.3 is 25.2 Å². The third-order valence-electron chi connectivity index (χ3n) is 3.37. The van der Waals surface area contributed by atoms with Gasteiger partial charge in [0, 0.05) is 12.5 Å². The van der Waals surface area contributed by atoms with Crippen molar-refractivity contribution in [2.45, 2.75) is 25.6 Å². The molecule has 0 radical (unpaired) electrons. The highest BCUT2D eigenvalue weighted by Gasteiger charge is 2.25. The maximum absolute atomic E-state index is 11.3. The summed E-state index contributed by atoms with van der Waals surface area (Å²) < 4.78 is 4.81. The van der Waals surface area contributed by atoms with Crippen molar-refractivity contribution in [2.75, 3.05) is 0 Å². The first-order valence-electron chi connectivity index (χ1n) is 6.96. The number of esters is 1. The highest BCUT2D eigenvalue weighted by molar-refractivity contribution is 6.04. The van der Waals surface area contributed by atoms with Gasteiger partial charge in [-0.25, -0.2) is 19.2 Å². The van der Waals surface area contributed by atoms with Crippen molar-refractivity contribution >= 4 is 23.9 Å². The molecular weight excluding hydrogens is 336 g/mol. The fourth-order valence-corrected chi connectivity index (χ4v) is 2.07. The molecule has 9 nitrogen and oxygen atoms in total. The number of benzene rings is 1. The zero-order chi connectivity index (χ0) is 19.3. The van der Waals surface area contributed by atoms with Gasteiger partial charge in [-0.2, -0.15) is 0 Å². The Morgan fingerprint density at radius 1 is 1.04 bits per heavy atom. The van der Waals surface area contributed by atoms with Crippen LogP contribution in [-0.2, 0) is 16.0 Å². The zero-order valence-electron chi connectivity index (χ0n) is 13.1. The Morgan fingerprint density at radius 3 is 1.96 bits per heavy atom. The molecule has 0 saturated heterocycles. The van der Waals surface area contributed by atoms with Crippen LogP contribution in [0.3, 0.4) is 0 Å². The Kier molecular flexibility index (Phi) is 6.40. The first-order chi connectivity index (χ1) is 11.6. The number of carboxylic acids is 3. The normalized spacial score (nSPS) is 12.7. The van der Waals surface area contributed by atoms with Crippen molar-refractivity contribution in [1.29, 1.82) is 0 Å². The van der Waals surface area contributed by atoms with E-state index in [0.717, 1.165) is 18.2 Å². The van der Waals surface area contributed by atoms with Crippen LogP contribution in [0.4, 0.5) is 0 Å². The van der Waals surface area contributed by atoms with Crippen LogP contribution in [0.15, 0.2) is 24.8 Å². The van der Waals surface area contributed by atoms with E-state index in [0.29, 0.717) is 0 Å². The lowest BCUT2D eigenvalue weighted by molar-refractivity contribution is -0.147. The molecule has 0 fully saturated rings. The Bertz CT molecular complexity index is 735. The predicted molar refractivity (Wildman–Crippen MR) is 82.8 cm³/mol. The molecule has 1 rings (SSSR count). The van der Waals surface area contributed by atoms with Crippen LogP contribution in [0.5, 0.6) is 0 Å². The molecule has 0 saturated carbocycles. The molecule has 4 N–H and O–H groups in total. The monoisotopic (exact) mass is 352 g/mol. The van der Waals surface area contributed by atoms with Gasteiger partial charge in [0.25, 0.3) is 0 Å². The number of aromatic carboxylic acids is 3. The van der Waals surface area contributed by atoms with Crippen LogP contribution in [-0.4, -0.2) is 56.5 Å². The lowest BCUT2D eigenvalue weighted by atomic mass is 9.93. The molecule has 134 valence electrons. The van der Waals surface area contributed by atoms with Gasteiger partial charge in [0.2, 0.25) is 0 Å². The van der Waals surface area contributed by atoms with Crippen LogP contribution in [0, 0.1) is 0 Å². The molecule has 2 unspecified atom stereocenters. The van der Waals surface area contributed by atoms with Crippen molar-refractivity contribution < 1.29 is 44.3 Å². The molecule has 1 aromatic rings. The van der Waals surface area contributed by atoms with Crippen LogP contribution in [0.25, 0.3) is 0 Å². The summed E-state index contributed by atoms with van der Waals surface area (Å²) in [5.74, 6) is -5.44. The summed E-state index contributed by atoms with van der Waals surface area (Å²) >= 11 is 0. The number of aliphatic hydroxyl groups is 1. The Labute approximate surface area is 141 Å². The lowest BCUT2D eigenvalue weighted by Crippen LogP contribution is -2.30. The summed E-state index contributed by atoms with van der Waals surface area (Å²) in [5, 5.41) is 37.4. The van der Waals surface area contributed by atoms with Gasteiger partial charge >= 0.3 is 23.9 Å². The minimum Gasteiger partial charge on any atom is -0.478 e. The molecule has 0 aromatic heterocycles. The fraction of sp³-hybridized carbons (Fsp3) is 0.250. The highest BCUT2D eigenvalue weighted by Crippen LogP contribution is 2.21. The third kappa shape index (κ3) is 4.88. The molecule has 2 atom stereocenters. The van der Waals surface area contributed by atoms with Crippen molar-refractivity contribution in [3.8, 4) is 0 Å². The molecule has 0 bridgehead atoms. The van der Waals surface area contributed by atoms with Gasteiger partial charge in [0.15, 0.2) is 0 Å². The van der Waals surface area contributed by atoms with Gasteiger partial charge in [-0.3, -0.25) is 0 Å². The van der Waals surface area contributed by atoms with Crippen molar-refractivity contribution in [1.82, 2.24) is 0 Å². The SMILES string of the molecule is C=CC(=O)OC(C)C(O)Cc1cc(C(=O)O)c(C(=O)O)cc1C(=O)O. The summed E-state index contributed by atoms with van der Waals surface area (Å²) in [6.45, 7) is 4.55. The van der Waals surface area contributed by atoms with E-state index in [2.05, 4.69) is 6.58 Å². The van der Waals surface area contributed by atoms with Crippen LogP contribution >= 0.6 is 0 Å². The Balaban J connectivity index is 3.29. The van der Waals surface area contributed by atoms with Gasteiger partial charge in [0.05, 0.1) is 22.8 Å². The molecule has 25 heavy (non-hydrogen) atoms. The van der Waals surface area contributed by atoms with E-state index in [1.165, 1.54) is 6.92 Å². The zero-order valence-corrected chi connectivity index (χ0v) is 13.1. The largest absolute Gasteiger partial charge is 0.478 e. The van der Waals surface area contributed by atoms with E-state index in [9.17, 15) is 29.4 Å². The van der Waals surface area contributed by atoms with E-state index in [-0.39, 0.29) is 12.0 Å². The van der Waals surface area contributed by atoms with Crippen molar-refractivity contribution in [2.24, 2.45) is 0 Å².